The van der Waals surface area contributed by atoms with Crippen LogP contribution in [-0.2, 0) is 26.3 Å². The highest BCUT2D eigenvalue weighted by Gasteiger charge is 2.26. The molecule has 0 radical (unpaired) electrons. The molecule has 0 saturated heterocycles. The van der Waals surface area contributed by atoms with Crippen molar-refractivity contribution in [2.45, 2.75) is 22.3 Å². The number of nitrogens with one attached hydrogen (secondary N) is 2. The summed E-state index contributed by atoms with van der Waals surface area (Å²) in [4.78, 5) is -0.416. The topological polar surface area (TPSA) is 92.3 Å². The highest BCUT2D eigenvalue weighted by Crippen LogP contribution is 2.24. The molecule has 1 aliphatic heterocycles. The minimum Gasteiger partial charge on any atom is -0.308 e. The third-order valence-corrected chi connectivity index (χ3v) is 7.00. The van der Waals surface area contributed by atoms with Crippen molar-refractivity contribution in [3.63, 3.8) is 0 Å². The van der Waals surface area contributed by atoms with Crippen molar-refractivity contribution in [3.05, 3.63) is 59.7 Å². The first-order valence-corrected chi connectivity index (χ1v) is 11.3. The van der Waals surface area contributed by atoms with E-state index in [1.165, 1.54) is 29.8 Å². The van der Waals surface area contributed by atoms with Crippen LogP contribution in [0.1, 0.15) is 17.2 Å². The van der Waals surface area contributed by atoms with Crippen molar-refractivity contribution >= 4 is 32.3 Å². The smallest absolute Gasteiger partial charge is 0.241 e. The first-order chi connectivity index (χ1) is 11.8. The summed E-state index contributed by atoms with van der Waals surface area (Å²) < 4.78 is 51.6. The third kappa shape index (κ3) is 4.44. The van der Waals surface area contributed by atoms with Gasteiger partial charge in [-0.3, -0.25) is 0 Å². The molecule has 0 spiro atoms. The molecule has 0 bridgehead atoms. The molecule has 1 aliphatic rings. The van der Waals surface area contributed by atoms with E-state index < -0.39 is 19.9 Å². The number of rotatable bonds is 5. The predicted molar refractivity (Wildman–Crippen MR) is 103 cm³/mol. The van der Waals surface area contributed by atoms with Gasteiger partial charge in [-0.25, -0.2) is 21.6 Å². The Kier molecular flexibility index (Phi) is 6.46. The summed E-state index contributed by atoms with van der Waals surface area (Å²) in [5, 5.41) is 3.30. The van der Waals surface area contributed by atoms with Crippen LogP contribution in [0.5, 0.6) is 0 Å². The molecule has 0 aromatic heterocycles. The lowest BCUT2D eigenvalue weighted by atomic mass is 9.95. The number of benzene rings is 2. The number of fused-ring (bicyclic) bond motifs is 1. The van der Waals surface area contributed by atoms with Crippen molar-refractivity contribution in [1.29, 1.82) is 0 Å². The maximum Gasteiger partial charge on any atom is 0.241 e. The van der Waals surface area contributed by atoms with Gasteiger partial charge in [0.05, 0.1) is 4.90 Å². The van der Waals surface area contributed by atoms with Gasteiger partial charge >= 0.3 is 0 Å². The number of hydrogen-bond donors (Lipinski definition) is 2. The molecule has 2 aromatic carbocycles. The third-order valence-electron chi connectivity index (χ3n) is 4.23. The lowest BCUT2D eigenvalue weighted by molar-refractivity contribution is 0.491. The second-order valence-corrected chi connectivity index (χ2v) is 9.75. The number of sulfonamides is 1. The van der Waals surface area contributed by atoms with E-state index in [1.54, 1.807) is 0 Å². The van der Waals surface area contributed by atoms with Crippen LogP contribution in [0.15, 0.2) is 58.3 Å². The number of sulfone groups is 1. The second kappa shape index (κ2) is 8.06. The molecule has 0 amide bonds. The highest BCUT2D eigenvalue weighted by molar-refractivity contribution is 7.93. The maximum absolute atomic E-state index is 12.7. The molecule has 2 N–H and O–H groups in total. The molecule has 26 heavy (non-hydrogen) atoms. The largest absolute Gasteiger partial charge is 0.308 e. The Balaban J connectivity index is 0.00000243. The molecule has 0 aliphatic carbocycles. The van der Waals surface area contributed by atoms with Gasteiger partial charge in [0.1, 0.15) is 4.90 Å². The van der Waals surface area contributed by atoms with E-state index in [4.69, 9.17) is 0 Å². The lowest BCUT2D eigenvalue weighted by Crippen LogP contribution is -2.39. The van der Waals surface area contributed by atoms with Crippen LogP contribution >= 0.6 is 12.4 Å². The summed E-state index contributed by atoms with van der Waals surface area (Å²) in [5.41, 5.74) is 2.26. The maximum atomic E-state index is 12.7. The first kappa shape index (κ1) is 20.9. The van der Waals surface area contributed by atoms with Gasteiger partial charge in [-0.2, -0.15) is 0 Å². The normalized spacial score (nSPS) is 17.2. The SMILES string of the molecule is CS(=O)(=O)c1ccccc1S(=O)(=O)NCC1NCCc2ccccc21.Cl. The molecular formula is C17H21ClN2O4S2. The van der Waals surface area contributed by atoms with Crippen LogP contribution < -0.4 is 10.0 Å². The summed E-state index contributed by atoms with van der Waals surface area (Å²) in [6.45, 7) is 0.917. The molecular weight excluding hydrogens is 396 g/mol. The van der Waals surface area contributed by atoms with Gasteiger partial charge in [0.2, 0.25) is 10.0 Å². The van der Waals surface area contributed by atoms with E-state index in [-0.39, 0.29) is 34.8 Å². The van der Waals surface area contributed by atoms with Gasteiger partial charge in [0.25, 0.3) is 0 Å². The van der Waals surface area contributed by atoms with Crippen molar-refractivity contribution in [3.8, 4) is 0 Å². The Morgan fingerprint density at radius 1 is 1.00 bits per heavy atom. The molecule has 0 fully saturated rings. The number of halogens is 1. The highest BCUT2D eigenvalue weighted by atomic mass is 35.5. The number of hydrogen-bond acceptors (Lipinski definition) is 5. The van der Waals surface area contributed by atoms with Crippen LogP contribution in [0.3, 0.4) is 0 Å². The predicted octanol–water partition coefficient (Wildman–Crippen LogP) is 1.68. The van der Waals surface area contributed by atoms with Crippen LogP contribution in [0.4, 0.5) is 0 Å². The van der Waals surface area contributed by atoms with E-state index in [0.29, 0.717) is 0 Å². The zero-order chi connectivity index (χ0) is 18.1. The Bertz CT molecular complexity index is 991. The second-order valence-electron chi connectivity index (χ2n) is 6.03. The fourth-order valence-electron chi connectivity index (χ4n) is 3.02. The summed E-state index contributed by atoms with van der Waals surface area (Å²) in [5.74, 6) is 0. The quantitative estimate of drug-likeness (QED) is 0.773. The van der Waals surface area contributed by atoms with E-state index in [1.807, 2.05) is 24.3 Å². The fourth-order valence-corrected chi connectivity index (χ4v) is 5.70. The minimum atomic E-state index is -3.95. The van der Waals surface area contributed by atoms with Crippen LogP contribution in [0, 0.1) is 0 Å². The molecule has 6 nitrogen and oxygen atoms in total. The lowest BCUT2D eigenvalue weighted by Gasteiger charge is -2.27. The average Bonchev–Trinajstić information content (AvgIpc) is 2.59. The van der Waals surface area contributed by atoms with Gasteiger partial charge in [-0.05, 0) is 36.2 Å². The van der Waals surface area contributed by atoms with Gasteiger partial charge in [-0.1, -0.05) is 36.4 Å². The Morgan fingerprint density at radius 2 is 1.62 bits per heavy atom. The monoisotopic (exact) mass is 416 g/mol. The molecule has 3 rings (SSSR count). The van der Waals surface area contributed by atoms with Gasteiger partial charge in [-0.15, -0.1) is 12.4 Å². The zero-order valence-electron chi connectivity index (χ0n) is 14.2. The molecule has 142 valence electrons. The minimum absolute atomic E-state index is 0. The summed E-state index contributed by atoms with van der Waals surface area (Å²) in [6.07, 6.45) is 1.90. The Morgan fingerprint density at radius 3 is 2.31 bits per heavy atom. The molecule has 0 saturated carbocycles. The Labute approximate surface area is 160 Å². The summed E-state index contributed by atoms with van der Waals surface area (Å²) >= 11 is 0. The fraction of sp³-hybridized carbons (Fsp3) is 0.294. The van der Waals surface area contributed by atoms with Crippen LogP contribution in [-0.4, -0.2) is 36.2 Å². The molecule has 2 aromatic rings. The molecule has 9 heteroatoms. The summed E-state index contributed by atoms with van der Waals surface area (Å²) in [7, 11) is -7.59. The summed E-state index contributed by atoms with van der Waals surface area (Å²) in [6, 6.07) is 13.4. The molecule has 1 atom stereocenters. The van der Waals surface area contributed by atoms with Crippen molar-refractivity contribution in [2.24, 2.45) is 0 Å². The van der Waals surface area contributed by atoms with E-state index in [2.05, 4.69) is 10.0 Å². The van der Waals surface area contributed by atoms with Crippen LogP contribution in [0.25, 0.3) is 0 Å². The van der Waals surface area contributed by atoms with Crippen molar-refractivity contribution < 1.29 is 16.8 Å². The van der Waals surface area contributed by atoms with E-state index in [9.17, 15) is 16.8 Å². The van der Waals surface area contributed by atoms with Crippen molar-refractivity contribution in [2.75, 3.05) is 19.3 Å². The molecule has 1 heterocycles. The average molecular weight is 417 g/mol. The first-order valence-electron chi connectivity index (χ1n) is 7.89. The van der Waals surface area contributed by atoms with Gasteiger partial charge in [0, 0.05) is 18.8 Å². The van der Waals surface area contributed by atoms with Gasteiger partial charge in [0.15, 0.2) is 9.84 Å². The van der Waals surface area contributed by atoms with E-state index in [0.717, 1.165) is 24.8 Å². The van der Waals surface area contributed by atoms with Crippen molar-refractivity contribution in [1.82, 2.24) is 10.0 Å². The van der Waals surface area contributed by atoms with E-state index >= 15 is 0 Å². The Hall–Kier alpha value is -1.45. The zero-order valence-corrected chi connectivity index (χ0v) is 16.6. The van der Waals surface area contributed by atoms with Gasteiger partial charge < -0.3 is 5.32 Å². The van der Waals surface area contributed by atoms with Crippen LogP contribution in [0.2, 0.25) is 0 Å². The molecule has 1 unspecified atom stereocenters. The standard InChI is InChI=1S/C17H20N2O4S2.ClH/c1-24(20,21)16-8-4-5-9-17(16)25(22,23)19-12-15-14-7-3-2-6-13(14)10-11-18-15;/h2-9,15,18-19H,10-12H2,1H3;1H.